The van der Waals surface area contributed by atoms with Gasteiger partial charge in [0.25, 0.3) is 5.91 Å². The summed E-state index contributed by atoms with van der Waals surface area (Å²) in [4.78, 5) is 14.5. The van der Waals surface area contributed by atoms with E-state index in [-0.39, 0.29) is 12.0 Å². The van der Waals surface area contributed by atoms with Crippen molar-refractivity contribution in [2.24, 2.45) is 5.92 Å². The van der Waals surface area contributed by atoms with Crippen molar-refractivity contribution in [1.29, 1.82) is 0 Å². The molecule has 110 valence electrons. The molecule has 0 aromatic carbocycles. The first-order valence-corrected chi connectivity index (χ1v) is 7.79. The number of carbonyl (C=O) groups is 1. The number of hydrogen-bond donors (Lipinski definition) is 1. The van der Waals surface area contributed by atoms with E-state index in [1.54, 1.807) is 6.07 Å². The van der Waals surface area contributed by atoms with E-state index in [1.165, 1.54) is 0 Å². The lowest BCUT2D eigenvalue weighted by Gasteiger charge is -2.33. The summed E-state index contributed by atoms with van der Waals surface area (Å²) in [5, 5.41) is 10.3. The second kappa shape index (κ2) is 5.41. The van der Waals surface area contributed by atoms with Crippen LogP contribution in [0.2, 0.25) is 5.02 Å². The number of aliphatic hydroxyl groups excluding tert-OH is 1. The fourth-order valence-corrected chi connectivity index (χ4v) is 3.23. The highest BCUT2D eigenvalue weighted by molar-refractivity contribution is 6.31. The number of carbonyl (C=O) groups excluding carboxylic acids is 1. The van der Waals surface area contributed by atoms with Crippen molar-refractivity contribution in [1.82, 2.24) is 9.47 Å². The predicted octanol–water partition coefficient (Wildman–Crippen LogP) is 2.71. The van der Waals surface area contributed by atoms with Gasteiger partial charge in [0.2, 0.25) is 0 Å². The first-order chi connectivity index (χ1) is 9.56. The van der Waals surface area contributed by atoms with Gasteiger partial charge in [-0.2, -0.15) is 0 Å². The molecule has 1 amide bonds. The quantitative estimate of drug-likeness (QED) is 0.932. The lowest BCUT2D eigenvalue weighted by molar-refractivity contribution is 0.0513. The summed E-state index contributed by atoms with van der Waals surface area (Å²) in [7, 11) is 0. The van der Waals surface area contributed by atoms with E-state index in [4.69, 9.17) is 11.6 Å². The van der Waals surface area contributed by atoms with Gasteiger partial charge in [0, 0.05) is 25.3 Å². The third-order valence-electron chi connectivity index (χ3n) is 4.48. The minimum absolute atomic E-state index is 0.0767. The van der Waals surface area contributed by atoms with Crippen LogP contribution in [0.4, 0.5) is 0 Å². The summed E-state index contributed by atoms with van der Waals surface area (Å²) >= 11 is 6.06. The third-order valence-corrected chi connectivity index (χ3v) is 4.69. The number of nitrogens with zero attached hydrogens (tertiary/aromatic N) is 2. The van der Waals surface area contributed by atoms with Crippen LogP contribution in [0.1, 0.15) is 49.1 Å². The van der Waals surface area contributed by atoms with Crippen molar-refractivity contribution in [3.8, 4) is 0 Å². The predicted molar refractivity (Wildman–Crippen MR) is 78.0 cm³/mol. The average Bonchev–Trinajstić information content (AvgIpc) is 3.21. The van der Waals surface area contributed by atoms with Crippen molar-refractivity contribution in [3.63, 3.8) is 0 Å². The monoisotopic (exact) mass is 296 g/mol. The highest BCUT2D eigenvalue weighted by atomic mass is 35.5. The van der Waals surface area contributed by atoms with Crippen molar-refractivity contribution in [2.75, 3.05) is 13.1 Å². The van der Waals surface area contributed by atoms with Gasteiger partial charge in [0.1, 0.15) is 5.69 Å². The smallest absolute Gasteiger partial charge is 0.270 e. The van der Waals surface area contributed by atoms with E-state index in [9.17, 15) is 9.90 Å². The Labute approximate surface area is 124 Å². The van der Waals surface area contributed by atoms with Crippen LogP contribution in [0.5, 0.6) is 0 Å². The van der Waals surface area contributed by atoms with Crippen molar-refractivity contribution < 1.29 is 9.90 Å². The van der Waals surface area contributed by atoms with E-state index in [2.05, 4.69) is 0 Å². The Morgan fingerprint density at radius 1 is 1.35 bits per heavy atom. The summed E-state index contributed by atoms with van der Waals surface area (Å²) in [6.07, 6.45) is 5.61. The van der Waals surface area contributed by atoms with E-state index in [0.29, 0.717) is 22.7 Å². The van der Waals surface area contributed by atoms with Gasteiger partial charge in [-0.25, -0.2) is 0 Å². The van der Waals surface area contributed by atoms with Crippen LogP contribution in [0.15, 0.2) is 12.3 Å². The van der Waals surface area contributed by atoms with Crippen LogP contribution in [-0.4, -0.2) is 39.7 Å². The Kier molecular flexibility index (Phi) is 3.78. The minimum Gasteiger partial charge on any atom is -0.393 e. The molecule has 1 aromatic rings. The summed E-state index contributed by atoms with van der Waals surface area (Å²) in [5.41, 5.74) is 0.716. The number of likely N-dealkylation sites (tertiary alicyclic amines) is 1. The molecule has 1 N–H and O–H groups in total. The molecule has 4 nitrogen and oxygen atoms in total. The zero-order valence-corrected chi connectivity index (χ0v) is 12.5. The van der Waals surface area contributed by atoms with Gasteiger partial charge >= 0.3 is 0 Å². The maximum Gasteiger partial charge on any atom is 0.270 e. The largest absolute Gasteiger partial charge is 0.393 e. The second-order valence-corrected chi connectivity index (χ2v) is 6.49. The second-order valence-electron chi connectivity index (χ2n) is 6.05. The van der Waals surface area contributed by atoms with E-state index in [1.807, 2.05) is 22.6 Å². The Morgan fingerprint density at radius 3 is 2.55 bits per heavy atom. The Balaban J connectivity index is 1.70. The van der Waals surface area contributed by atoms with Crippen molar-refractivity contribution in [3.05, 3.63) is 23.0 Å². The highest BCUT2D eigenvalue weighted by Gasteiger charge is 2.31. The van der Waals surface area contributed by atoms with Crippen molar-refractivity contribution in [2.45, 2.75) is 44.8 Å². The number of piperidine rings is 1. The molecular weight excluding hydrogens is 276 g/mol. The van der Waals surface area contributed by atoms with Gasteiger partial charge in [-0.15, -0.1) is 0 Å². The molecule has 1 aromatic heterocycles. The number of halogens is 1. The maximum absolute atomic E-state index is 12.6. The lowest BCUT2D eigenvalue weighted by atomic mass is 9.92. The van der Waals surface area contributed by atoms with Crippen LogP contribution in [0.3, 0.4) is 0 Å². The molecule has 1 aliphatic heterocycles. The molecular formula is C15H21ClN2O2. The number of amides is 1. The van der Waals surface area contributed by atoms with Crippen LogP contribution in [0.25, 0.3) is 0 Å². The van der Waals surface area contributed by atoms with Gasteiger partial charge in [-0.05, 0) is 44.6 Å². The van der Waals surface area contributed by atoms with Crippen LogP contribution in [0, 0.1) is 5.92 Å². The van der Waals surface area contributed by atoms with Gasteiger partial charge < -0.3 is 14.6 Å². The fourth-order valence-electron chi connectivity index (χ4n) is 3.02. The van der Waals surface area contributed by atoms with Gasteiger partial charge in [0.05, 0.1) is 11.1 Å². The molecule has 0 spiro atoms. The summed E-state index contributed by atoms with van der Waals surface area (Å²) in [6.45, 7) is 3.28. The fraction of sp³-hybridized carbons (Fsp3) is 0.667. The summed E-state index contributed by atoms with van der Waals surface area (Å²) in [5.74, 6) is 0.394. The number of rotatable bonds is 3. The number of aromatic nitrogens is 1. The molecule has 0 bridgehead atoms. The standard InChI is InChI=1S/C15H21ClN2O2/c1-10(19)11-4-6-17(7-5-11)15(20)14-8-12(16)9-18(14)13-2-3-13/h8-11,13,19H,2-7H2,1H3. The SMILES string of the molecule is CC(O)C1CCN(C(=O)c2cc(Cl)cn2C2CC2)CC1. The minimum atomic E-state index is -0.281. The molecule has 1 saturated heterocycles. The molecule has 3 rings (SSSR count). The summed E-state index contributed by atoms with van der Waals surface area (Å²) in [6, 6.07) is 2.24. The van der Waals surface area contributed by atoms with Gasteiger partial charge in [0.15, 0.2) is 0 Å². The molecule has 2 fully saturated rings. The van der Waals surface area contributed by atoms with Crippen molar-refractivity contribution >= 4 is 17.5 Å². The van der Waals surface area contributed by atoms with E-state index >= 15 is 0 Å². The molecule has 20 heavy (non-hydrogen) atoms. The summed E-state index contributed by atoms with van der Waals surface area (Å²) < 4.78 is 2.03. The van der Waals surface area contributed by atoms with Crippen LogP contribution < -0.4 is 0 Å². The topological polar surface area (TPSA) is 45.5 Å². The Hall–Kier alpha value is -1.00. The van der Waals surface area contributed by atoms with Crippen LogP contribution in [-0.2, 0) is 0 Å². The third kappa shape index (κ3) is 2.72. The zero-order chi connectivity index (χ0) is 14.3. The first kappa shape index (κ1) is 14.0. The molecule has 1 aliphatic carbocycles. The molecule has 0 radical (unpaired) electrons. The molecule has 5 heteroatoms. The Morgan fingerprint density at radius 2 is 2.00 bits per heavy atom. The molecule has 2 heterocycles. The average molecular weight is 297 g/mol. The van der Waals surface area contributed by atoms with E-state index < -0.39 is 0 Å². The highest BCUT2D eigenvalue weighted by Crippen LogP contribution is 2.38. The maximum atomic E-state index is 12.6. The van der Waals surface area contributed by atoms with Crippen LogP contribution >= 0.6 is 11.6 Å². The number of hydrogen-bond acceptors (Lipinski definition) is 2. The molecule has 1 unspecified atom stereocenters. The van der Waals surface area contributed by atoms with Gasteiger partial charge in [-0.3, -0.25) is 4.79 Å². The lowest BCUT2D eigenvalue weighted by Crippen LogP contribution is -2.41. The first-order valence-electron chi connectivity index (χ1n) is 7.41. The molecule has 1 saturated carbocycles. The zero-order valence-electron chi connectivity index (χ0n) is 11.8. The van der Waals surface area contributed by atoms with E-state index in [0.717, 1.165) is 38.8 Å². The van der Waals surface area contributed by atoms with Gasteiger partial charge in [-0.1, -0.05) is 11.6 Å². The molecule has 1 atom stereocenters. The number of aliphatic hydroxyl groups is 1. The molecule has 2 aliphatic rings. The Bertz CT molecular complexity index is 500. The normalized spacial score (nSPS) is 22.1.